The van der Waals surface area contributed by atoms with E-state index in [1.807, 2.05) is 0 Å². The lowest BCUT2D eigenvalue weighted by Gasteiger charge is -2.39. The minimum atomic E-state index is -1.23. The van der Waals surface area contributed by atoms with Crippen molar-refractivity contribution in [2.24, 2.45) is 0 Å². The van der Waals surface area contributed by atoms with E-state index < -0.39 is 17.5 Å². The van der Waals surface area contributed by atoms with Crippen molar-refractivity contribution in [1.82, 2.24) is 0 Å². The Morgan fingerprint density at radius 1 is 1.36 bits per heavy atom. The summed E-state index contributed by atoms with van der Waals surface area (Å²) in [6.45, 7) is 1.62. The second-order valence-electron chi connectivity index (χ2n) is 6.55. The van der Waals surface area contributed by atoms with Crippen molar-refractivity contribution in [3.8, 4) is 11.5 Å². The molecule has 2 aromatic carbocycles. The van der Waals surface area contributed by atoms with Crippen LogP contribution in [0.25, 0.3) is 10.8 Å². The number of aliphatic hydroxyl groups is 1. The highest BCUT2D eigenvalue weighted by molar-refractivity contribution is 5.95. The number of hydrogen-bond donors (Lipinski definition) is 4. The van der Waals surface area contributed by atoms with Gasteiger partial charge in [0.05, 0.1) is 30.1 Å². The first-order valence-corrected chi connectivity index (χ1v) is 7.93. The third-order valence-electron chi connectivity index (χ3n) is 4.86. The Labute approximate surface area is 144 Å². The third kappa shape index (κ3) is 2.78. The average Bonchev–Trinajstić information content (AvgIpc) is 2.52. The van der Waals surface area contributed by atoms with Gasteiger partial charge in [0.25, 0.3) is 0 Å². The Hall–Kier alpha value is -2.73. The molecule has 1 aliphatic rings. The lowest BCUT2D eigenvalue weighted by atomic mass is 9.70. The molecule has 0 spiro atoms. The Balaban J connectivity index is 2.32. The number of fused-ring (bicyclic) bond motifs is 2. The average molecular weight is 344 g/mol. The van der Waals surface area contributed by atoms with E-state index in [-0.39, 0.29) is 17.3 Å². The molecule has 6 heteroatoms. The van der Waals surface area contributed by atoms with Gasteiger partial charge in [-0.3, -0.25) is 0 Å². The quantitative estimate of drug-likeness (QED) is 0.504. The summed E-state index contributed by atoms with van der Waals surface area (Å²) in [6, 6.07) is 6.65. The molecular weight excluding hydrogens is 324 g/mol. The van der Waals surface area contributed by atoms with Gasteiger partial charge in [0.15, 0.2) is 0 Å². The van der Waals surface area contributed by atoms with Gasteiger partial charge in [-0.2, -0.15) is 0 Å². The maximum atomic E-state index is 11.1. The molecule has 0 unspecified atom stereocenters. The van der Waals surface area contributed by atoms with E-state index in [0.717, 1.165) is 6.08 Å². The van der Waals surface area contributed by atoms with E-state index in [2.05, 4.69) is 0 Å². The van der Waals surface area contributed by atoms with Crippen LogP contribution in [0.3, 0.4) is 0 Å². The van der Waals surface area contributed by atoms with Crippen molar-refractivity contribution in [1.29, 1.82) is 0 Å². The minimum Gasteiger partial charge on any atom is -0.507 e. The van der Waals surface area contributed by atoms with Gasteiger partial charge in [-0.05, 0) is 48.4 Å². The van der Waals surface area contributed by atoms with Crippen molar-refractivity contribution in [3.63, 3.8) is 0 Å². The largest absolute Gasteiger partial charge is 0.507 e. The topological polar surface area (TPSA) is 107 Å². The van der Waals surface area contributed by atoms with Crippen molar-refractivity contribution in [2.75, 3.05) is 7.11 Å². The van der Waals surface area contributed by atoms with E-state index in [9.17, 15) is 20.1 Å². The summed E-state index contributed by atoms with van der Waals surface area (Å²) in [7, 11) is 1.35. The number of ether oxygens (including phenoxy) is 1. The van der Waals surface area contributed by atoms with Crippen molar-refractivity contribution >= 4 is 16.7 Å². The van der Waals surface area contributed by atoms with Crippen LogP contribution in [0.15, 0.2) is 36.1 Å². The maximum absolute atomic E-state index is 11.1. The number of aromatic hydroxyl groups is 2. The van der Waals surface area contributed by atoms with Gasteiger partial charge in [0.1, 0.15) is 17.3 Å². The molecule has 0 aliphatic heterocycles. The van der Waals surface area contributed by atoms with Crippen LogP contribution in [-0.4, -0.2) is 39.1 Å². The number of carboxylic acid groups (broad SMARTS) is 1. The summed E-state index contributed by atoms with van der Waals surface area (Å²) in [5.74, 6) is -1.88. The summed E-state index contributed by atoms with van der Waals surface area (Å²) in [4.78, 5) is 11.1. The minimum absolute atomic E-state index is 0.0280. The van der Waals surface area contributed by atoms with Crippen molar-refractivity contribution < 1.29 is 30.0 Å². The van der Waals surface area contributed by atoms with Gasteiger partial charge in [0, 0.05) is 0 Å². The maximum Gasteiger partial charge on any atom is 0.331 e. The predicted molar refractivity (Wildman–Crippen MR) is 91.7 cm³/mol. The van der Waals surface area contributed by atoms with Crippen molar-refractivity contribution in [2.45, 2.75) is 31.3 Å². The lowest BCUT2D eigenvalue weighted by molar-refractivity contribution is -0.131. The molecule has 132 valence electrons. The summed E-state index contributed by atoms with van der Waals surface area (Å²) in [5.41, 5.74) is -0.0543. The second-order valence-corrected chi connectivity index (χ2v) is 6.55. The van der Waals surface area contributed by atoms with Crippen LogP contribution in [0.5, 0.6) is 11.5 Å². The Morgan fingerprint density at radius 3 is 2.72 bits per heavy atom. The number of carboxylic acids is 1. The van der Waals surface area contributed by atoms with Crippen LogP contribution in [0.2, 0.25) is 0 Å². The number of phenolic OH excluding ortho intramolecular Hbond substituents is 2. The highest BCUT2D eigenvalue weighted by atomic mass is 16.5. The molecule has 4 N–H and O–H groups in total. The van der Waals surface area contributed by atoms with Gasteiger partial charge in [-0.15, -0.1) is 0 Å². The molecule has 0 fully saturated rings. The molecule has 0 radical (unpaired) electrons. The van der Waals surface area contributed by atoms with E-state index in [1.165, 1.54) is 13.2 Å². The summed E-state index contributed by atoms with van der Waals surface area (Å²) in [6.07, 6.45) is 1.65. The van der Waals surface area contributed by atoms with Gasteiger partial charge in [-0.1, -0.05) is 12.1 Å². The van der Waals surface area contributed by atoms with Crippen LogP contribution in [0.1, 0.15) is 30.4 Å². The van der Waals surface area contributed by atoms with Crippen LogP contribution in [0, 0.1) is 0 Å². The number of carbonyl (C=O) groups is 1. The Kier molecular flexibility index (Phi) is 4.08. The summed E-state index contributed by atoms with van der Waals surface area (Å²) < 4.78 is 5.26. The van der Waals surface area contributed by atoms with Gasteiger partial charge < -0.3 is 25.2 Å². The predicted octanol–water partition coefficient (Wildman–Crippen LogP) is 2.65. The highest BCUT2D eigenvalue weighted by Crippen LogP contribution is 2.49. The van der Waals surface area contributed by atoms with E-state index in [1.54, 1.807) is 25.1 Å². The molecule has 0 saturated heterocycles. The normalized spacial score (nSPS) is 23.3. The molecule has 1 aliphatic carbocycles. The van der Waals surface area contributed by atoms with Crippen LogP contribution in [0.4, 0.5) is 0 Å². The molecule has 0 heterocycles. The first-order chi connectivity index (χ1) is 11.8. The zero-order valence-corrected chi connectivity index (χ0v) is 14.0. The molecule has 6 nitrogen and oxygen atoms in total. The van der Waals surface area contributed by atoms with E-state index in [0.29, 0.717) is 34.7 Å². The van der Waals surface area contributed by atoms with Crippen LogP contribution < -0.4 is 0 Å². The Bertz CT molecular complexity index is 881. The van der Waals surface area contributed by atoms with E-state index in [4.69, 9.17) is 9.84 Å². The molecular formula is C19H20O6. The molecule has 0 amide bonds. The van der Waals surface area contributed by atoms with Gasteiger partial charge in [0.2, 0.25) is 0 Å². The van der Waals surface area contributed by atoms with E-state index >= 15 is 0 Å². The molecule has 25 heavy (non-hydrogen) atoms. The summed E-state index contributed by atoms with van der Waals surface area (Å²) >= 11 is 0. The number of methoxy groups -OCH3 is 1. The number of aliphatic carboxylic acids is 1. The standard InChI is InChI=1S/C19H20O6/c1-19(24)7-6-11-12(17(19)14(25-2)9-15(21)22)8-10-4-3-5-13(20)16(10)18(11)23/h3-5,8-9,17,20,23-24H,6-7H2,1-2H3,(H,21,22)/b14-9-/t17-,19-/m0/s1. The Morgan fingerprint density at radius 2 is 2.08 bits per heavy atom. The molecule has 0 bridgehead atoms. The third-order valence-corrected chi connectivity index (χ3v) is 4.86. The molecule has 0 saturated carbocycles. The lowest BCUT2D eigenvalue weighted by Crippen LogP contribution is -2.39. The highest BCUT2D eigenvalue weighted by Gasteiger charge is 2.42. The second kappa shape index (κ2) is 5.97. The molecule has 2 aromatic rings. The zero-order valence-electron chi connectivity index (χ0n) is 14.0. The van der Waals surface area contributed by atoms with Crippen LogP contribution in [-0.2, 0) is 16.0 Å². The smallest absolute Gasteiger partial charge is 0.331 e. The molecule has 2 atom stereocenters. The fraction of sp³-hybridized carbons (Fsp3) is 0.316. The number of hydrogen-bond acceptors (Lipinski definition) is 5. The fourth-order valence-corrected chi connectivity index (χ4v) is 3.70. The first kappa shape index (κ1) is 17.1. The molecule has 3 rings (SSSR count). The number of rotatable bonds is 3. The van der Waals surface area contributed by atoms with Gasteiger partial charge >= 0.3 is 5.97 Å². The monoisotopic (exact) mass is 344 g/mol. The first-order valence-electron chi connectivity index (χ1n) is 7.93. The fourth-order valence-electron chi connectivity index (χ4n) is 3.70. The summed E-state index contributed by atoms with van der Waals surface area (Å²) in [5, 5.41) is 41.7. The number of phenols is 2. The number of benzene rings is 2. The van der Waals surface area contributed by atoms with Gasteiger partial charge in [-0.25, -0.2) is 4.79 Å². The zero-order chi connectivity index (χ0) is 18.4. The SMILES string of the molecule is CO/C(=C\C(=O)O)[C@@H]1c2cc3cccc(O)c3c(O)c2CC[C@]1(C)O. The van der Waals surface area contributed by atoms with Crippen LogP contribution >= 0.6 is 0 Å². The molecule has 0 aromatic heterocycles. The van der Waals surface area contributed by atoms with Crippen molar-refractivity contribution in [3.05, 3.63) is 47.2 Å².